The van der Waals surface area contributed by atoms with E-state index in [1.165, 1.54) is 29.8 Å². The standard InChI is InChI=1S/C34H33ClFN9O7S2/c1-50-41-25(24-28(35)54-34(38)40-24)30(46)39-26-31(47)45-27(33(48)49)20(16-53-32(26)45)13-43-8-4-17-5-9-44(23(17)15-43)14-19-3-2-18(12-22(19)36)29(37)42-52-21-6-10-51-11-7-21/h2-5,8-9,12,15,21,26,32H,6-7,10-11,13-14,16H2,1H3,(H5-,37,38,39,40,42,46,48,49)/p+1/t26-,32-/m1/s1. The van der Waals surface area contributed by atoms with Crippen LogP contribution in [-0.2, 0) is 41.9 Å². The van der Waals surface area contributed by atoms with Crippen molar-refractivity contribution in [2.24, 2.45) is 16.0 Å². The summed E-state index contributed by atoms with van der Waals surface area (Å²) in [5.74, 6) is -2.77. The van der Waals surface area contributed by atoms with Crippen molar-refractivity contribution in [2.75, 3.05) is 31.8 Å². The number of aromatic nitrogens is 3. The number of amides is 2. The number of halogens is 2. The number of thiazole rings is 1. The van der Waals surface area contributed by atoms with Crippen LogP contribution < -0.4 is 21.4 Å². The molecule has 2 saturated heterocycles. The molecule has 20 heteroatoms. The Hall–Kier alpha value is -5.24. The van der Waals surface area contributed by atoms with Crippen molar-refractivity contribution in [3.05, 3.63) is 87.2 Å². The zero-order valence-electron chi connectivity index (χ0n) is 28.6. The van der Waals surface area contributed by atoms with Gasteiger partial charge in [-0.3, -0.25) is 14.5 Å². The van der Waals surface area contributed by atoms with Crippen molar-refractivity contribution in [3.63, 3.8) is 0 Å². The average Bonchev–Trinajstić information content (AvgIpc) is 3.72. The molecule has 6 N–H and O–H groups in total. The highest BCUT2D eigenvalue weighted by molar-refractivity contribution is 8.00. The number of hydrogen-bond acceptors (Lipinski definition) is 12. The van der Waals surface area contributed by atoms with Crippen LogP contribution in [-0.4, -0.2) is 92.5 Å². The van der Waals surface area contributed by atoms with Crippen LogP contribution in [0.3, 0.4) is 0 Å². The minimum absolute atomic E-state index is 0.00207. The monoisotopic (exact) mass is 798 g/mol. The van der Waals surface area contributed by atoms with Gasteiger partial charge in [-0.1, -0.05) is 45.4 Å². The van der Waals surface area contributed by atoms with E-state index in [1.807, 2.05) is 39.9 Å². The van der Waals surface area contributed by atoms with Crippen molar-refractivity contribution in [2.45, 2.75) is 43.5 Å². The normalized spacial score (nSPS) is 19.5. The molecule has 3 aromatic heterocycles. The van der Waals surface area contributed by atoms with Gasteiger partial charge in [-0.05, 0) is 12.1 Å². The fourth-order valence-electron chi connectivity index (χ4n) is 6.37. The highest BCUT2D eigenvalue weighted by atomic mass is 35.5. The number of benzene rings is 1. The Balaban J connectivity index is 1.05. The molecule has 3 aliphatic heterocycles. The van der Waals surface area contributed by atoms with Gasteiger partial charge in [0.25, 0.3) is 11.8 Å². The Morgan fingerprint density at radius 1 is 1.24 bits per heavy atom. The highest BCUT2D eigenvalue weighted by Gasteiger charge is 2.55. The van der Waals surface area contributed by atoms with E-state index >= 15 is 4.39 Å². The smallest absolute Gasteiger partial charge is 0.352 e. The number of ether oxygens (including phenoxy) is 1. The number of nitrogens with two attached hydrogens (primary N) is 2. The van der Waals surface area contributed by atoms with Gasteiger partial charge in [0.1, 0.15) is 51.7 Å². The first kappa shape index (κ1) is 37.1. The topological polar surface area (TPSA) is 213 Å². The Morgan fingerprint density at radius 3 is 2.74 bits per heavy atom. The largest absolute Gasteiger partial charge is 0.477 e. The van der Waals surface area contributed by atoms with Crippen LogP contribution in [0.4, 0.5) is 9.52 Å². The number of nitrogen functional groups attached to an aromatic ring is 1. The van der Waals surface area contributed by atoms with E-state index in [9.17, 15) is 19.5 Å². The third-order valence-electron chi connectivity index (χ3n) is 9.07. The summed E-state index contributed by atoms with van der Waals surface area (Å²) >= 11 is 8.44. The van der Waals surface area contributed by atoms with E-state index < -0.39 is 35.0 Å². The zero-order chi connectivity index (χ0) is 38.1. The number of carbonyl (C=O) groups is 3. The minimum atomic E-state index is -1.27. The number of fused-ring (bicyclic) bond motifs is 2. The van der Waals surface area contributed by atoms with Crippen LogP contribution in [0.15, 0.2) is 70.5 Å². The number of nitrogens with zero attached hydrogens (tertiary/aromatic N) is 6. The molecule has 1 aromatic carbocycles. The van der Waals surface area contributed by atoms with Crippen LogP contribution in [0.25, 0.3) is 10.9 Å². The number of oxime groups is 2. The lowest BCUT2D eigenvalue weighted by Gasteiger charge is -2.49. The summed E-state index contributed by atoms with van der Waals surface area (Å²) in [6.07, 6.45) is 6.83. The molecule has 0 aliphatic carbocycles. The molecule has 282 valence electrons. The van der Waals surface area contributed by atoms with Gasteiger partial charge in [-0.2, -0.15) is 4.57 Å². The molecular weight excluding hydrogens is 765 g/mol. The lowest BCUT2D eigenvalue weighted by Crippen LogP contribution is -2.71. The van der Waals surface area contributed by atoms with Gasteiger partial charge in [0.2, 0.25) is 0 Å². The molecule has 7 rings (SSSR count). The first-order chi connectivity index (χ1) is 26.0. The van der Waals surface area contributed by atoms with E-state index in [0.717, 1.165) is 22.2 Å². The number of nitrogens with one attached hydrogen (secondary N) is 1. The first-order valence-electron chi connectivity index (χ1n) is 16.6. The minimum Gasteiger partial charge on any atom is -0.477 e. The van der Waals surface area contributed by atoms with Crippen LogP contribution in [0.2, 0.25) is 4.34 Å². The van der Waals surface area contributed by atoms with E-state index in [0.29, 0.717) is 42.8 Å². The summed E-state index contributed by atoms with van der Waals surface area (Å²) in [5.41, 5.74) is 13.5. The molecule has 0 saturated carbocycles. The van der Waals surface area contributed by atoms with Gasteiger partial charge in [0.15, 0.2) is 35.6 Å². The number of carbonyl (C=O) groups excluding carboxylic acids is 2. The Morgan fingerprint density at radius 2 is 2.04 bits per heavy atom. The second kappa shape index (κ2) is 15.6. The molecular formula is C34H34ClFN9O7S2+. The van der Waals surface area contributed by atoms with Crippen LogP contribution in [0.1, 0.15) is 29.7 Å². The maximum atomic E-state index is 15.3. The third-order valence-corrected chi connectivity index (χ3v) is 11.5. The Bertz CT molecular complexity index is 2240. The summed E-state index contributed by atoms with van der Waals surface area (Å²) in [6.45, 7) is 1.56. The number of aliphatic carboxylic acids is 1. The van der Waals surface area contributed by atoms with Crippen molar-refractivity contribution in [1.29, 1.82) is 0 Å². The second-order valence-corrected chi connectivity index (χ2v) is 15.3. The summed E-state index contributed by atoms with van der Waals surface area (Å²) in [4.78, 5) is 54.7. The Kier molecular flexibility index (Phi) is 10.7. The average molecular weight is 799 g/mol. The maximum absolute atomic E-state index is 15.3. The molecule has 0 radical (unpaired) electrons. The predicted octanol–water partition coefficient (Wildman–Crippen LogP) is 2.41. The third kappa shape index (κ3) is 7.43. The van der Waals surface area contributed by atoms with E-state index in [1.54, 1.807) is 12.1 Å². The number of hydrogen-bond donors (Lipinski definition) is 4. The molecule has 2 fully saturated rings. The Labute approximate surface area is 320 Å². The zero-order valence-corrected chi connectivity index (χ0v) is 31.0. The first-order valence-corrected chi connectivity index (χ1v) is 18.8. The van der Waals surface area contributed by atoms with E-state index in [2.05, 4.69) is 20.6 Å². The van der Waals surface area contributed by atoms with Gasteiger partial charge >= 0.3 is 5.97 Å². The molecule has 16 nitrogen and oxygen atoms in total. The second-order valence-electron chi connectivity index (χ2n) is 12.5. The van der Waals surface area contributed by atoms with E-state index in [4.69, 9.17) is 37.5 Å². The molecule has 0 unspecified atom stereocenters. The van der Waals surface area contributed by atoms with Crippen molar-refractivity contribution < 1.29 is 42.9 Å². The molecule has 54 heavy (non-hydrogen) atoms. The molecule has 4 aromatic rings. The highest BCUT2D eigenvalue weighted by Crippen LogP contribution is 2.40. The summed E-state index contributed by atoms with van der Waals surface area (Å²) < 4.78 is 24.5. The maximum Gasteiger partial charge on any atom is 0.352 e. The van der Waals surface area contributed by atoms with Gasteiger partial charge in [0.05, 0.1) is 19.8 Å². The summed E-state index contributed by atoms with van der Waals surface area (Å²) in [7, 11) is 1.24. The lowest BCUT2D eigenvalue weighted by atomic mass is 10.0. The number of anilines is 1. The molecule has 2 amide bonds. The number of carboxylic acid groups (broad SMARTS) is 1. The van der Waals surface area contributed by atoms with Gasteiger partial charge in [-0.25, -0.2) is 14.2 Å². The molecule has 2 atom stereocenters. The molecule has 6 heterocycles. The number of rotatable bonds is 12. The van der Waals surface area contributed by atoms with Crippen LogP contribution in [0, 0.1) is 5.82 Å². The van der Waals surface area contributed by atoms with Gasteiger partial charge in [-0.15, -0.1) is 11.8 Å². The molecule has 0 spiro atoms. The fraction of sp³-hybridized carbons (Fsp3) is 0.324. The predicted molar refractivity (Wildman–Crippen MR) is 198 cm³/mol. The quantitative estimate of drug-likeness (QED) is 0.0537. The number of thioether (sulfide) groups is 1. The number of β-lactam (4-membered cyclic amide) rings is 1. The van der Waals surface area contributed by atoms with Gasteiger partial charge < -0.3 is 40.9 Å². The van der Waals surface area contributed by atoms with Gasteiger partial charge in [0, 0.05) is 52.9 Å². The summed E-state index contributed by atoms with van der Waals surface area (Å²) in [5, 5.41) is 20.9. The molecule has 0 bridgehead atoms. The number of amidine groups is 1. The van der Waals surface area contributed by atoms with Crippen molar-refractivity contribution in [1.82, 2.24) is 19.8 Å². The van der Waals surface area contributed by atoms with Crippen molar-refractivity contribution in [3.8, 4) is 0 Å². The summed E-state index contributed by atoms with van der Waals surface area (Å²) in [6, 6.07) is 7.41. The fourth-order valence-corrected chi connectivity index (χ4v) is 8.63. The van der Waals surface area contributed by atoms with Crippen molar-refractivity contribution >= 4 is 80.1 Å². The van der Waals surface area contributed by atoms with Crippen LogP contribution >= 0.6 is 34.7 Å². The lowest BCUT2D eigenvalue weighted by molar-refractivity contribution is -0.687. The number of pyridine rings is 1. The SMILES string of the molecule is CON=C(C(=O)N[C@@H]1C(=O)N2C(C(=O)O)=C(C[n+]3ccc4ccn(Cc5ccc(C(N)=NOC6CCOCC6)cc5F)c4c3)CS[C@H]12)c1nc(N)sc1Cl. The molecule has 3 aliphatic rings. The van der Waals surface area contributed by atoms with Crippen LogP contribution in [0.5, 0.6) is 0 Å². The van der Waals surface area contributed by atoms with E-state index in [-0.39, 0.29) is 57.4 Å². The number of carboxylic acids is 1.